The molecule has 120 valence electrons. The number of nitrogens with one attached hydrogen (secondary N) is 2. The van der Waals surface area contributed by atoms with Crippen molar-refractivity contribution >= 4 is 10.0 Å². The molecule has 9 heteroatoms. The maximum atomic E-state index is 11.1. The topological polar surface area (TPSA) is 95.9 Å². The van der Waals surface area contributed by atoms with E-state index in [2.05, 4.69) is 24.7 Å². The van der Waals surface area contributed by atoms with Crippen LogP contribution < -0.4 is 4.72 Å². The summed E-state index contributed by atoms with van der Waals surface area (Å²) in [6.45, 7) is 5.47. The van der Waals surface area contributed by atoms with Crippen LogP contribution >= 0.6 is 0 Å². The van der Waals surface area contributed by atoms with Gasteiger partial charge in [-0.2, -0.15) is 5.10 Å². The quantitative estimate of drug-likeness (QED) is 0.806. The standard InChI is InChI=1S/C13H20N6O2S/c1-10-6-14-13(16-10)9-18-3-4-19-12(8-18)5-11(17-19)7-15-22(2,20)21/h5-6,15H,3-4,7-9H2,1-2H3,(H,14,16). The maximum absolute atomic E-state index is 11.1. The van der Waals surface area contributed by atoms with Gasteiger partial charge in [0.05, 0.1) is 37.3 Å². The number of aromatic nitrogens is 4. The molecule has 0 atom stereocenters. The van der Waals surface area contributed by atoms with E-state index in [0.717, 1.165) is 55.3 Å². The van der Waals surface area contributed by atoms with Crippen molar-refractivity contribution in [2.24, 2.45) is 0 Å². The van der Waals surface area contributed by atoms with Crippen LogP contribution in [0.25, 0.3) is 0 Å². The average Bonchev–Trinajstić information content (AvgIpc) is 3.01. The van der Waals surface area contributed by atoms with Crippen molar-refractivity contribution in [3.8, 4) is 0 Å². The van der Waals surface area contributed by atoms with Gasteiger partial charge in [-0.1, -0.05) is 0 Å². The fraction of sp³-hybridized carbons (Fsp3) is 0.538. The molecule has 0 saturated carbocycles. The molecule has 0 saturated heterocycles. The van der Waals surface area contributed by atoms with Gasteiger partial charge in [0.1, 0.15) is 5.82 Å². The predicted molar refractivity (Wildman–Crippen MR) is 81.3 cm³/mol. The van der Waals surface area contributed by atoms with Crippen LogP contribution in [0.15, 0.2) is 12.3 Å². The van der Waals surface area contributed by atoms with Gasteiger partial charge in [0.2, 0.25) is 10.0 Å². The molecule has 1 aliphatic heterocycles. The zero-order chi connectivity index (χ0) is 15.7. The van der Waals surface area contributed by atoms with Gasteiger partial charge < -0.3 is 4.98 Å². The molecule has 0 radical (unpaired) electrons. The van der Waals surface area contributed by atoms with Crippen molar-refractivity contribution in [3.05, 3.63) is 35.2 Å². The highest BCUT2D eigenvalue weighted by atomic mass is 32.2. The first-order valence-electron chi connectivity index (χ1n) is 7.12. The van der Waals surface area contributed by atoms with Crippen molar-refractivity contribution in [2.75, 3.05) is 12.8 Å². The molecule has 0 aliphatic carbocycles. The summed E-state index contributed by atoms with van der Waals surface area (Å²) in [5.41, 5.74) is 2.90. The molecule has 3 rings (SSSR count). The summed E-state index contributed by atoms with van der Waals surface area (Å²) in [4.78, 5) is 9.86. The van der Waals surface area contributed by atoms with Crippen molar-refractivity contribution in [1.29, 1.82) is 0 Å². The van der Waals surface area contributed by atoms with Crippen LogP contribution in [0.5, 0.6) is 0 Å². The van der Waals surface area contributed by atoms with E-state index >= 15 is 0 Å². The predicted octanol–water partition coefficient (Wildman–Crippen LogP) is -0.0204. The van der Waals surface area contributed by atoms with Gasteiger partial charge in [-0.25, -0.2) is 18.1 Å². The van der Waals surface area contributed by atoms with E-state index in [1.165, 1.54) is 0 Å². The van der Waals surface area contributed by atoms with Crippen LogP contribution in [0.3, 0.4) is 0 Å². The van der Waals surface area contributed by atoms with Gasteiger partial charge in [0.15, 0.2) is 0 Å². The molecule has 8 nitrogen and oxygen atoms in total. The highest BCUT2D eigenvalue weighted by Crippen LogP contribution is 2.15. The maximum Gasteiger partial charge on any atom is 0.209 e. The monoisotopic (exact) mass is 324 g/mol. The first-order chi connectivity index (χ1) is 10.4. The number of aromatic amines is 1. The SMILES string of the molecule is Cc1cnc(CN2CCn3nc(CNS(C)(=O)=O)cc3C2)[nH]1. The molecule has 0 aromatic carbocycles. The normalized spacial score (nSPS) is 15.9. The first-order valence-corrected chi connectivity index (χ1v) is 9.01. The molecule has 3 heterocycles. The number of sulfonamides is 1. The summed E-state index contributed by atoms with van der Waals surface area (Å²) in [6.07, 6.45) is 2.98. The Bertz CT molecular complexity index is 763. The molecule has 0 spiro atoms. The van der Waals surface area contributed by atoms with Crippen molar-refractivity contribution in [2.45, 2.75) is 33.1 Å². The summed E-state index contributed by atoms with van der Waals surface area (Å²) in [5, 5.41) is 4.44. The van der Waals surface area contributed by atoms with Crippen LogP contribution in [-0.2, 0) is 36.2 Å². The first kappa shape index (κ1) is 15.2. The lowest BCUT2D eigenvalue weighted by Crippen LogP contribution is -2.33. The third kappa shape index (κ3) is 3.73. The molecule has 2 aromatic heterocycles. The van der Waals surface area contributed by atoms with Gasteiger partial charge in [0, 0.05) is 25.0 Å². The number of rotatable bonds is 5. The Hall–Kier alpha value is -1.71. The van der Waals surface area contributed by atoms with Gasteiger partial charge in [-0.3, -0.25) is 9.58 Å². The van der Waals surface area contributed by atoms with E-state index in [4.69, 9.17) is 0 Å². The zero-order valence-corrected chi connectivity index (χ0v) is 13.5. The van der Waals surface area contributed by atoms with Crippen molar-refractivity contribution in [3.63, 3.8) is 0 Å². The lowest BCUT2D eigenvalue weighted by molar-refractivity contribution is 0.201. The fourth-order valence-corrected chi connectivity index (χ4v) is 2.98. The molecule has 0 fully saturated rings. The summed E-state index contributed by atoms with van der Waals surface area (Å²) in [6, 6.07) is 1.96. The molecular weight excluding hydrogens is 304 g/mol. The number of H-pyrrole nitrogens is 1. The van der Waals surface area contributed by atoms with E-state index < -0.39 is 10.0 Å². The molecule has 1 aliphatic rings. The number of hydrogen-bond acceptors (Lipinski definition) is 5. The summed E-state index contributed by atoms with van der Waals surface area (Å²) < 4.78 is 26.7. The van der Waals surface area contributed by atoms with E-state index in [0.29, 0.717) is 0 Å². The van der Waals surface area contributed by atoms with Gasteiger partial charge >= 0.3 is 0 Å². The van der Waals surface area contributed by atoms with Crippen LogP contribution in [0, 0.1) is 6.92 Å². The second kappa shape index (κ2) is 5.82. The lowest BCUT2D eigenvalue weighted by Gasteiger charge is -2.26. The number of imidazole rings is 1. The highest BCUT2D eigenvalue weighted by Gasteiger charge is 2.19. The second-order valence-electron chi connectivity index (χ2n) is 5.67. The molecule has 22 heavy (non-hydrogen) atoms. The average molecular weight is 324 g/mol. The van der Waals surface area contributed by atoms with Crippen LogP contribution in [0.2, 0.25) is 0 Å². The Morgan fingerprint density at radius 1 is 1.41 bits per heavy atom. The smallest absolute Gasteiger partial charge is 0.209 e. The van der Waals surface area contributed by atoms with E-state index in [1.54, 1.807) is 0 Å². The summed E-state index contributed by atoms with van der Waals surface area (Å²) in [7, 11) is -3.19. The number of aryl methyl sites for hydroxylation is 1. The summed E-state index contributed by atoms with van der Waals surface area (Å²) in [5.74, 6) is 0.962. The Balaban J connectivity index is 1.64. The molecule has 2 aromatic rings. The molecule has 0 bridgehead atoms. The number of nitrogens with zero attached hydrogens (tertiary/aromatic N) is 4. The minimum absolute atomic E-state index is 0.232. The van der Waals surface area contributed by atoms with Gasteiger partial charge in [0.25, 0.3) is 0 Å². The van der Waals surface area contributed by atoms with Crippen LogP contribution in [-0.4, -0.2) is 45.9 Å². The third-order valence-corrected chi connectivity index (χ3v) is 4.24. The lowest BCUT2D eigenvalue weighted by atomic mass is 10.3. The largest absolute Gasteiger partial charge is 0.345 e. The van der Waals surface area contributed by atoms with E-state index in [9.17, 15) is 8.42 Å². The number of fused-ring (bicyclic) bond motifs is 1. The number of hydrogen-bond donors (Lipinski definition) is 2. The fourth-order valence-electron chi connectivity index (χ4n) is 2.57. The summed E-state index contributed by atoms with van der Waals surface area (Å²) >= 11 is 0. The van der Waals surface area contributed by atoms with Gasteiger partial charge in [-0.05, 0) is 13.0 Å². The van der Waals surface area contributed by atoms with Crippen molar-refractivity contribution < 1.29 is 8.42 Å². The van der Waals surface area contributed by atoms with Crippen LogP contribution in [0.1, 0.15) is 22.9 Å². The molecule has 2 N–H and O–H groups in total. The highest BCUT2D eigenvalue weighted by molar-refractivity contribution is 7.88. The second-order valence-corrected chi connectivity index (χ2v) is 7.50. The Labute approximate surface area is 129 Å². The minimum Gasteiger partial charge on any atom is -0.345 e. The third-order valence-electron chi connectivity index (χ3n) is 3.57. The Kier molecular flexibility index (Phi) is 4.02. The van der Waals surface area contributed by atoms with E-state index in [-0.39, 0.29) is 6.54 Å². The Morgan fingerprint density at radius 2 is 2.23 bits per heavy atom. The van der Waals surface area contributed by atoms with Crippen molar-refractivity contribution in [1.82, 2.24) is 29.4 Å². The van der Waals surface area contributed by atoms with E-state index in [1.807, 2.05) is 23.9 Å². The Morgan fingerprint density at radius 3 is 2.91 bits per heavy atom. The molecular formula is C13H20N6O2S. The molecule has 0 amide bonds. The van der Waals surface area contributed by atoms with Gasteiger partial charge in [-0.15, -0.1) is 0 Å². The van der Waals surface area contributed by atoms with Crippen LogP contribution in [0.4, 0.5) is 0 Å². The molecule has 0 unspecified atom stereocenters. The minimum atomic E-state index is -3.19. The zero-order valence-electron chi connectivity index (χ0n) is 12.7.